The maximum atomic E-state index is 4.09. The first-order valence-electron chi connectivity index (χ1n) is 7.41. The van der Waals surface area contributed by atoms with Gasteiger partial charge in [-0.3, -0.25) is 4.90 Å². The van der Waals surface area contributed by atoms with Crippen molar-refractivity contribution in [3.63, 3.8) is 0 Å². The van der Waals surface area contributed by atoms with Crippen molar-refractivity contribution in [3.05, 3.63) is 18.7 Å². The van der Waals surface area contributed by atoms with Crippen molar-refractivity contribution in [1.29, 1.82) is 0 Å². The molecule has 1 aromatic rings. The van der Waals surface area contributed by atoms with Gasteiger partial charge in [0.2, 0.25) is 0 Å². The summed E-state index contributed by atoms with van der Waals surface area (Å²) in [5.41, 5.74) is 0.522. The molecule has 0 amide bonds. The van der Waals surface area contributed by atoms with Gasteiger partial charge in [-0.1, -0.05) is 6.92 Å². The van der Waals surface area contributed by atoms with E-state index < -0.39 is 0 Å². The second-order valence-electron chi connectivity index (χ2n) is 6.66. The Morgan fingerprint density at radius 3 is 2.68 bits per heavy atom. The standard InChI is InChI=1S/C15H28N4/c1-5-15(4)11-17-14(2,3)12-19(15)9-6-8-18-10-7-16-13-18/h7,10,13,17H,5-6,8-9,11-12H2,1-4H3. The average Bonchev–Trinajstić information content (AvgIpc) is 2.87. The number of hydrogen-bond donors (Lipinski definition) is 1. The molecule has 1 unspecified atom stereocenters. The zero-order valence-corrected chi connectivity index (χ0v) is 12.8. The monoisotopic (exact) mass is 264 g/mol. The van der Waals surface area contributed by atoms with Crippen molar-refractivity contribution < 1.29 is 0 Å². The van der Waals surface area contributed by atoms with Gasteiger partial charge in [-0.05, 0) is 33.6 Å². The Hall–Kier alpha value is -0.870. The second-order valence-corrected chi connectivity index (χ2v) is 6.66. The average molecular weight is 264 g/mol. The summed E-state index contributed by atoms with van der Waals surface area (Å²) >= 11 is 0. The van der Waals surface area contributed by atoms with Gasteiger partial charge in [0, 0.05) is 49.7 Å². The van der Waals surface area contributed by atoms with Crippen LogP contribution in [0.5, 0.6) is 0 Å². The largest absolute Gasteiger partial charge is 0.337 e. The first-order valence-corrected chi connectivity index (χ1v) is 7.41. The lowest BCUT2D eigenvalue weighted by molar-refractivity contribution is 0.0227. The van der Waals surface area contributed by atoms with Crippen LogP contribution in [-0.2, 0) is 6.54 Å². The van der Waals surface area contributed by atoms with Crippen molar-refractivity contribution in [2.75, 3.05) is 19.6 Å². The molecule has 1 aliphatic rings. The summed E-state index contributed by atoms with van der Waals surface area (Å²) in [5.74, 6) is 0. The Balaban J connectivity index is 1.91. The molecule has 1 N–H and O–H groups in total. The minimum atomic E-state index is 0.226. The van der Waals surface area contributed by atoms with Gasteiger partial charge in [0.15, 0.2) is 0 Å². The zero-order chi connectivity index (χ0) is 13.9. The summed E-state index contributed by atoms with van der Waals surface area (Å²) in [7, 11) is 0. The Labute approximate surface area is 117 Å². The number of aryl methyl sites for hydroxylation is 1. The minimum Gasteiger partial charge on any atom is -0.337 e. The zero-order valence-electron chi connectivity index (χ0n) is 12.8. The number of piperazine rings is 1. The first kappa shape index (κ1) is 14.5. The van der Waals surface area contributed by atoms with E-state index in [1.54, 1.807) is 0 Å². The Bertz CT molecular complexity index is 385. The normalized spacial score (nSPS) is 27.6. The van der Waals surface area contributed by atoms with Gasteiger partial charge in [0.25, 0.3) is 0 Å². The number of hydrogen-bond acceptors (Lipinski definition) is 3. The van der Waals surface area contributed by atoms with E-state index >= 15 is 0 Å². The fourth-order valence-corrected chi connectivity index (χ4v) is 2.83. The SMILES string of the molecule is CCC1(C)CNC(C)(C)CN1CCCn1ccnc1. The van der Waals surface area contributed by atoms with E-state index in [9.17, 15) is 0 Å². The Kier molecular flexibility index (Phi) is 4.31. The molecule has 1 saturated heterocycles. The quantitative estimate of drug-likeness (QED) is 0.884. The molecule has 0 saturated carbocycles. The van der Waals surface area contributed by atoms with Gasteiger partial charge in [-0.25, -0.2) is 4.98 Å². The van der Waals surface area contributed by atoms with Crippen molar-refractivity contribution in [3.8, 4) is 0 Å². The molecule has 2 heterocycles. The third kappa shape index (κ3) is 3.57. The van der Waals surface area contributed by atoms with Crippen LogP contribution in [-0.4, -0.2) is 45.2 Å². The summed E-state index contributed by atoms with van der Waals surface area (Å²) in [6.45, 7) is 13.7. The summed E-state index contributed by atoms with van der Waals surface area (Å²) in [6, 6.07) is 0. The molecule has 1 fully saturated rings. The summed E-state index contributed by atoms with van der Waals surface area (Å²) < 4.78 is 2.16. The van der Waals surface area contributed by atoms with Crippen LogP contribution < -0.4 is 5.32 Å². The fraction of sp³-hybridized carbons (Fsp3) is 0.800. The number of nitrogens with one attached hydrogen (secondary N) is 1. The highest BCUT2D eigenvalue weighted by Gasteiger charge is 2.38. The topological polar surface area (TPSA) is 33.1 Å². The van der Waals surface area contributed by atoms with Gasteiger partial charge in [0.1, 0.15) is 0 Å². The Morgan fingerprint density at radius 1 is 1.26 bits per heavy atom. The van der Waals surface area contributed by atoms with Crippen LogP contribution in [0.25, 0.3) is 0 Å². The lowest BCUT2D eigenvalue weighted by atomic mass is 9.88. The van der Waals surface area contributed by atoms with Gasteiger partial charge in [0.05, 0.1) is 6.33 Å². The predicted molar refractivity (Wildman–Crippen MR) is 79.2 cm³/mol. The smallest absolute Gasteiger partial charge is 0.0945 e. The highest BCUT2D eigenvalue weighted by atomic mass is 15.3. The van der Waals surface area contributed by atoms with E-state index in [4.69, 9.17) is 0 Å². The molecule has 2 rings (SSSR count). The molecule has 4 nitrogen and oxygen atoms in total. The summed E-state index contributed by atoms with van der Waals surface area (Å²) in [6.07, 6.45) is 8.18. The maximum absolute atomic E-state index is 4.09. The highest BCUT2D eigenvalue weighted by Crippen LogP contribution is 2.26. The summed E-state index contributed by atoms with van der Waals surface area (Å²) in [4.78, 5) is 6.76. The van der Waals surface area contributed by atoms with Crippen molar-refractivity contribution >= 4 is 0 Å². The molecule has 4 heteroatoms. The van der Waals surface area contributed by atoms with Crippen molar-refractivity contribution in [2.45, 2.75) is 58.2 Å². The van der Waals surface area contributed by atoms with E-state index in [0.29, 0.717) is 5.54 Å². The molecule has 0 spiro atoms. The molecular weight excluding hydrogens is 236 g/mol. The van der Waals surface area contributed by atoms with E-state index in [0.717, 1.165) is 26.2 Å². The molecule has 0 bridgehead atoms. The maximum Gasteiger partial charge on any atom is 0.0945 e. The molecular formula is C15H28N4. The van der Waals surface area contributed by atoms with Crippen LogP contribution in [0.4, 0.5) is 0 Å². The van der Waals surface area contributed by atoms with Crippen LogP contribution in [0.15, 0.2) is 18.7 Å². The van der Waals surface area contributed by atoms with Gasteiger partial charge in [-0.15, -0.1) is 0 Å². The molecule has 108 valence electrons. The van der Waals surface area contributed by atoms with Gasteiger partial charge < -0.3 is 9.88 Å². The molecule has 1 aromatic heterocycles. The van der Waals surface area contributed by atoms with Gasteiger partial charge >= 0.3 is 0 Å². The second kappa shape index (κ2) is 5.63. The van der Waals surface area contributed by atoms with Gasteiger partial charge in [-0.2, -0.15) is 0 Å². The van der Waals surface area contributed by atoms with E-state index in [1.165, 1.54) is 12.8 Å². The van der Waals surface area contributed by atoms with Crippen molar-refractivity contribution in [1.82, 2.24) is 19.8 Å². The number of nitrogens with zero attached hydrogens (tertiary/aromatic N) is 3. The number of aromatic nitrogens is 2. The number of imidazole rings is 1. The van der Waals surface area contributed by atoms with Crippen LogP contribution in [0.3, 0.4) is 0 Å². The highest BCUT2D eigenvalue weighted by molar-refractivity contribution is 4.99. The van der Waals surface area contributed by atoms with Crippen LogP contribution >= 0.6 is 0 Å². The Morgan fingerprint density at radius 2 is 2.05 bits per heavy atom. The van der Waals surface area contributed by atoms with Crippen molar-refractivity contribution in [2.24, 2.45) is 0 Å². The van der Waals surface area contributed by atoms with Crippen LogP contribution in [0.2, 0.25) is 0 Å². The molecule has 1 aliphatic heterocycles. The lowest BCUT2D eigenvalue weighted by Crippen LogP contribution is -2.67. The van der Waals surface area contributed by atoms with Crippen LogP contribution in [0, 0.1) is 0 Å². The van der Waals surface area contributed by atoms with E-state index in [1.807, 2.05) is 18.7 Å². The predicted octanol–water partition coefficient (Wildman–Crippen LogP) is 2.13. The summed E-state index contributed by atoms with van der Waals surface area (Å²) in [5, 5.41) is 3.68. The molecule has 0 aromatic carbocycles. The van der Waals surface area contributed by atoms with E-state index in [-0.39, 0.29) is 5.54 Å². The first-order chi connectivity index (χ1) is 8.95. The fourth-order valence-electron chi connectivity index (χ4n) is 2.83. The minimum absolute atomic E-state index is 0.226. The molecule has 1 atom stereocenters. The lowest BCUT2D eigenvalue weighted by Gasteiger charge is -2.51. The molecule has 0 radical (unpaired) electrons. The van der Waals surface area contributed by atoms with Crippen LogP contribution in [0.1, 0.15) is 40.5 Å². The molecule has 0 aliphatic carbocycles. The third-order valence-corrected chi connectivity index (χ3v) is 4.46. The molecule has 19 heavy (non-hydrogen) atoms. The third-order valence-electron chi connectivity index (χ3n) is 4.46. The number of rotatable bonds is 5. The van der Waals surface area contributed by atoms with E-state index in [2.05, 4.69) is 47.5 Å².